The number of nitrogens with one attached hydrogen (secondary N) is 2. The number of hydrogen-bond donors (Lipinski definition) is 3. The molecule has 0 atom stereocenters. The number of amides is 1. The van der Waals surface area contributed by atoms with Crippen LogP contribution in [0.15, 0.2) is 94.8 Å². The second kappa shape index (κ2) is 8.54. The lowest BCUT2D eigenvalue weighted by Gasteiger charge is -2.05. The SMILES string of the molecule is C/C(=N/NC(=O)c1ccccc1O)c1c(-c2ccccc2)[nH]n(-c2ccccc2)c1=O. The highest BCUT2D eigenvalue weighted by Crippen LogP contribution is 2.21. The molecule has 1 aromatic heterocycles. The number of rotatable bonds is 5. The lowest BCUT2D eigenvalue weighted by Crippen LogP contribution is -2.23. The van der Waals surface area contributed by atoms with Crippen LogP contribution in [0.5, 0.6) is 5.75 Å². The van der Waals surface area contributed by atoms with Gasteiger partial charge in [-0.15, -0.1) is 0 Å². The number of H-pyrrole nitrogens is 1. The molecular weight excluding hydrogens is 392 g/mol. The number of aromatic amines is 1. The molecule has 4 aromatic rings. The van der Waals surface area contributed by atoms with Crippen molar-refractivity contribution in [3.05, 3.63) is 106 Å². The fraction of sp³-hybridized carbons (Fsp3) is 0.0417. The van der Waals surface area contributed by atoms with Crippen molar-refractivity contribution >= 4 is 11.6 Å². The highest BCUT2D eigenvalue weighted by atomic mass is 16.3. The summed E-state index contributed by atoms with van der Waals surface area (Å²) in [6.07, 6.45) is 0. The predicted molar refractivity (Wildman–Crippen MR) is 120 cm³/mol. The van der Waals surface area contributed by atoms with E-state index in [-0.39, 0.29) is 16.9 Å². The van der Waals surface area contributed by atoms with Gasteiger partial charge in [-0.3, -0.25) is 14.7 Å². The van der Waals surface area contributed by atoms with E-state index in [2.05, 4.69) is 15.6 Å². The summed E-state index contributed by atoms with van der Waals surface area (Å²) in [5.41, 5.74) is 4.98. The first-order valence-electron chi connectivity index (χ1n) is 9.65. The molecule has 7 heteroatoms. The number of hydrazone groups is 1. The van der Waals surface area contributed by atoms with Crippen molar-refractivity contribution in [3.8, 4) is 22.7 Å². The van der Waals surface area contributed by atoms with Crippen LogP contribution in [0.4, 0.5) is 0 Å². The second-order valence-electron chi connectivity index (χ2n) is 6.86. The fourth-order valence-electron chi connectivity index (χ4n) is 3.26. The normalized spacial score (nSPS) is 11.3. The van der Waals surface area contributed by atoms with E-state index in [1.54, 1.807) is 19.1 Å². The van der Waals surface area contributed by atoms with Gasteiger partial charge >= 0.3 is 0 Å². The number of benzene rings is 3. The number of phenolic OH excluding ortho intramolecular Hbond substituents is 1. The number of aromatic nitrogens is 2. The summed E-state index contributed by atoms with van der Waals surface area (Å²) in [4.78, 5) is 25.7. The highest BCUT2D eigenvalue weighted by Gasteiger charge is 2.19. The van der Waals surface area contributed by atoms with Crippen LogP contribution in [0, 0.1) is 0 Å². The third-order valence-electron chi connectivity index (χ3n) is 4.80. The molecule has 4 rings (SSSR count). The van der Waals surface area contributed by atoms with Gasteiger partial charge in [-0.25, -0.2) is 10.1 Å². The topological polar surface area (TPSA) is 99.5 Å². The van der Waals surface area contributed by atoms with Gasteiger partial charge in [-0.1, -0.05) is 60.7 Å². The molecule has 3 aromatic carbocycles. The van der Waals surface area contributed by atoms with Gasteiger partial charge in [0.1, 0.15) is 5.75 Å². The Labute approximate surface area is 178 Å². The molecule has 0 aliphatic carbocycles. The zero-order chi connectivity index (χ0) is 21.8. The zero-order valence-corrected chi connectivity index (χ0v) is 16.7. The third kappa shape index (κ3) is 4.02. The maximum atomic E-state index is 13.3. The van der Waals surface area contributed by atoms with Crippen LogP contribution in [0.3, 0.4) is 0 Å². The molecule has 31 heavy (non-hydrogen) atoms. The molecule has 1 heterocycles. The van der Waals surface area contributed by atoms with Gasteiger partial charge in [0.05, 0.1) is 28.2 Å². The second-order valence-corrected chi connectivity index (χ2v) is 6.86. The summed E-state index contributed by atoms with van der Waals surface area (Å²) in [5.74, 6) is -0.719. The molecule has 0 saturated heterocycles. The molecule has 0 radical (unpaired) electrons. The van der Waals surface area contributed by atoms with Crippen LogP contribution in [0.2, 0.25) is 0 Å². The predicted octanol–water partition coefficient (Wildman–Crippen LogP) is 3.69. The van der Waals surface area contributed by atoms with Crippen molar-refractivity contribution in [2.24, 2.45) is 5.10 Å². The van der Waals surface area contributed by atoms with E-state index >= 15 is 0 Å². The maximum Gasteiger partial charge on any atom is 0.281 e. The van der Waals surface area contributed by atoms with E-state index in [9.17, 15) is 14.7 Å². The Hall–Kier alpha value is -4.39. The van der Waals surface area contributed by atoms with E-state index in [1.165, 1.54) is 16.8 Å². The summed E-state index contributed by atoms with van der Waals surface area (Å²) in [6.45, 7) is 1.65. The lowest BCUT2D eigenvalue weighted by atomic mass is 10.1. The number of phenols is 1. The number of aromatic hydroxyl groups is 1. The van der Waals surface area contributed by atoms with Gasteiger partial charge in [0, 0.05) is 5.56 Å². The monoisotopic (exact) mass is 412 g/mol. The smallest absolute Gasteiger partial charge is 0.281 e. The molecule has 0 spiro atoms. The minimum atomic E-state index is -0.572. The van der Waals surface area contributed by atoms with Crippen molar-refractivity contribution in [1.82, 2.24) is 15.2 Å². The third-order valence-corrected chi connectivity index (χ3v) is 4.80. The van der Waals surface area contributed by atoms with Crippen molar-refractivity contribution in [2.75, 3.05) is 0 Å². The maximum absolute atomic E-state index is 13.3. The van der Waals surface area contributed by atoms with Gasteiger partial charge in [-0.05, 0) is 31.2 Å². The Bertz CT molecular complexity index is 1310. The number of carbonyl (C=O) groups excluding carboxylic acids is 1. The summed E-state index contributed by atoms with van der Waals surface area (Å²) < 4.78 is 1.45. The molecule has 1 amide bonds. The molecule has 0 bridgehead atoms. The highest BCUT2D eigenvalue weighted by molar-refractivity contribution is 6.05. The summed E-state index contributed by atoms with van der Waals surface area (Å²) in [5, 5.41) is 17.2. The minimum Gasteiger partial charge on any atom is -0.507 e. The molecule has 0 fully saturated rings. The molecule has 154 valence electrons. The van der Waals surface area contributed by atoms with Gasteiger partial charge in [-0.2, -0.15) is 5.10 Å². The van der Waals surface area contributed by atoms with Crippen LogP contribution in [-0.4, -0.2) is 26.5 Å². The first-order valence-corrected chi connectivity index (χ1v) is 9.65. The standard InChI is InChI=1S/C24H20N4O3/c1-16(25-26-23(30)19-14-8-9-15-20(19)29)21-22(17-10-4-2-5-11-17)27-28(24(21)31)18-12-6-3-7-13-18/h2-15,27,29H,1H3,(H,26,30)/b25-16-. The molecule has 0 saturated carbocycles. The van der Waals surface area contributed by atoms with Gasteiger partial charge in [0.15, 0.2) is 0 Å². The number of carbonyl (C=O) groups is 1. The summed E-state index contributed by atoms with van der Waals surface area (Å²) in [6, 6.07) is 24.8. The van der Waals surface area contributed by atoms with E-state index in [0.29, 0.717) is 22.7 Å². The number of hydrogen-bond acceptors (Lipinski definition) is 4. The van der Waals surface area contributed by atoms with E-state index < -0.39 is 5.91 Å². The van der Waals surface area contributed by atoms with Crippen LogP contribution in [0.25, 0.3) is 16.9 Å². The van der Waals surface area contributed by atoms with Crippen LogP contribution in [-0.2, 0) is 0 Å². The van der Waals surface area contributed by atoms with E-state index in [4.69, 9.17) is 0 Å². The average molecular weight is 412 g/mol. The number of para-hydroxylation sites is 2. The van der Waals surface area contributed by atoms with Crippen LogP contribution in [0.1, 0.15) is 22.8 Å². The molecular formula is C24H20N4O3. The van der Waals surface area contributed by atoms with Gasteiger partial charge < -0.3 is 5.11 Å². The van der Waals surface area contributed by atoms with Crippen molar-refractivity contribution in [3.63, 3.8) is 0 Å². The Kier molecular flexibility index (Phi) is 5.49. The Morgan fingerprint density at radius 2 is 1.55 bits per heavy atom. The summed E-state index contributed by atoms with van der Waals surface area (Å²) in [7, 11) is 0. The average Bonchev–Trinajstić information content (AvgIpc) is 3.16. The van der Waals surface area contributed by atoms with Crippen molar-refractivity contribution < 1.29 is 9.90 Å². The fourth-order valence-corrected chi connectivity index (χ4v) is 3.26. The van der Waals surface area contributed by atoms with Gasteiger partial charge in [0.25, 0.3) is 11.5 Å². The Morgan fingerprint density at radius 3 is 2.23 bits per heavy atom. The molecule has 3 N–H and O–H groups in total. The molecule has 0 unspecified atom stereocenters. The van der Waals surface area contributed by atoms with Crippen LogP contribution >= 0.6 is 0 Å². The first kappa shape index (κ1) is 19.9. The van der Waals surface area contributed by atoms with E-state index in [0.717, 1.165) is 5.56 Å². The largest absolute Gasteiger partial charge is 0.507 e. The van der Waals surface area contributed by atoms with Gasteiger partial charge in [0.2, 0.25) is 0 Å². The van der Waals surface area contributed by atoms with Crippen molar-refractivity contribution in [1.29, 1.82) is 0 Å². The Balaban J connectivity index is 1.77. The molecule has 0 aliphatic heterocycles. The Morgan fingerprint density at radius 1 is 0.935 bits per heavy atom. The molecule has 0 aliphatic rings. The zero-order valence-electron chi connectivity index (χ0n) is 16.7. The summed E-state index contributed by atoms with van der Waals surface area (Å²) >= 11 is 0. The lowest BCUT2D eigenvalue weighted by molar-refractivity contribution is 0.0952. The quantitative estimate of drug-likeness (QED) is 0.344. The van der Waals surface area contributed by atoms with E-state index in [1.807, 2.05) is 60.7 Å². The first-order chi connectivity index (χ1) is 15.1. The van der Waals surface area contributed by atoms with Crippen LogP contribution < -0.4 is 11.0 Å². The number of nitrogens with zero attached hydrogens (tertiary/aromatic N) is 2. The minimum absolute atomic E-state index is 0.0955. The van der Waals surface area contributed by atoms with Crippen molar-refractivity contribution in [2.45, 2.75) is 6.92 Å². The molecule has 7 nitrogen and oxygen atoms in total.